The Bertz CT molecular complexity index is 949. The Labute approximate surface area is 187 Å². The molecule has 0 N–H and O–H groups in total. The molecule has 2 amide bonds. The number of esters is 1. The molecule has 0 aromatic heterocycles. The van der Waals surface area contributed by atoms with Gasteiger partial charge in [0.1, 0.15) is 6.61 Å². The second kappa shape index (κ2) is 9.96. The van der Waals surface area contributed by atoms with Crippen molar-refractivity contribution < 1.29 is 23.9 Å². The number of rotatable bonds is 7. The zero-order chi connectivity index (χ0) is 22.5. The summed E-state index contributed by atoms with van der Waals surface area (Å²) in [6.45, 7) is 3.58. The molecule has 3 atom stereocenters. The number of amides is 2. The van der Waals surface area contributed by atoms with E-state index in [4.69, 9.17) is 9.47 Å². The van der Waals surface area contributed by atoms with Crippen LogP contribution in [0, 0.1) is 11.8 Å². The Kier molecular flexibility index (Phi) is 6.85. The summed E-state index contributed by atoms with van der Waals surface area (Å²) in [7, 11) is 0. The van der Waals surface area contributed by atoms with E-state index >= 15 is 0 Å². The maximum Gasteiger partial charge on any atom is 0.416 e. The number of hydrogen-bond acceptors (Lipinski definition) is 6. The van der Waals surface area contributed by atoms with Crippen LogP contribution in [0.1, 0.15) is 18.1 Å². The van der Waals surface area contributed by atoms with Crippen molar-refractivity contribution >= 4 is 18.0 Å². The van der Waals surface area contributed by atoms with Gasteiger partial charge < -0.3 is 9.47 Å². The highest BCUT2D eigenvalue weighted by Crippen LogP contribution is 2.30. The van der Waals surface area contributed by atoms with Crippen LogP contribution >= 0.6 is 0 Å². The summed E-state index contributed by atoms with van der Waals surface area (Å²) in [4.78, 5) is 42.1. The molecule has 7 nitrogen and oxygen atoms in total. The van der Waals surface area contributed by atoms with Crippen LogP contribution in [0.2, 0.25) is 0 Å². The van der Waals surface area contributed by atoms with Gasteiger partial charge in [0.25, 0.3) is 0 Å². The molecular formula is C25H28N2O5. The lowest BCUT2D eigenvalue weighted by atomic mass is 9.93. The lowest BCUT2D eigenvalue weighted by molar-refractivity contribution is -0.152. The minimum Gasteiger partial charge on any atom is -0.466 e. The van der Waals surface area contributed by atoms with Crippen LogP contribution in [0.5, 0.6) is 0 Å². The molecule has 168 valence electrons. The standard InChI is InChI=1S/C25H28N2O5/c1-2-31-24(29)22-16-26(14-19-11-7-4-8-12-19)15-21(22)23(28)27-20(17-32-25(27)30)13-18-9-5-3-6-10-18/h3-12,20-22H,2,13-17H2,1H3/t20?,21?,22-/m1/s1. The zero-order valence-corrected chi connectivity index (χ0v) is 18.2. The highest BCUT2D eigenvalue weighted by molar-refractivity contribution is 5.97. The molecule has 2 aliphatic rings. The maximum atomic E-state index is 13.6. The molecule has 0 bridgehead atoms. The zero-order valence-electron chi connectivity index (χ0n) is 18.2. The summed E-state index contributed by atoms with van der Waals surface area (Å²) >= 11 is 0. The molecule has 2 aliphatic heterocycles. The molecule has 0 radical (unpaired) electrons. The topological polar surface area (TPSA) is 76.2 Å². The smallest absolute Gasteiger partial charge is 0.416 e. The van der Waals surface area contributed by atoms with E-state index in [1.165, 1.54) is 4.90 Å². The number of ether oxygens (including phenoxy) is 2. The summed E-state index contributed by atoms with van der Waals surface area (Å²) < 4.78 is 10.5. The molecule has 2 saturated heterocycles. The number of imide groups is 1. The molecule has 4 rings (SSSR count). The van der Waals surface area contributed by atoms with Gasteiger partial charge in [-0.15, -0.1) is 0 Å². The first-order valence-electron chi connectivity index (χ1n) is 11.0. The normalized spacial score (nSPS) is 23.2. The first kappa shape index (κ1) is 22.0. The fourth-order valence-electron chi connectivity index (χ4n) is 4.54. The van der Waals surface area contributed by atoms with Gasteiger partial charge in [0.05, 0.1) is 24.5 Å². The van der Waals surface area contributed by atoms with Crippen LogP contribution in [0.4, 0.5) is 4.79 Å². The van der Waals surface area contributed by atoms with Crippen molar-refractivity contribution in [3.8, 4) is 0 Å². The quantitative estimate of drug-likeness (QED) is 0.622. The summed E-state index contributed by atoms with van der Waals surface area (Å²) in [5.74, 6) is -2.02. The van der Waals surface area contributed by atoms with E-state index in [1.807, 2.05) is 60.7 Å². The average molecular weight is 437 g/mol. The van der Waals surface area contributed by atoms with Gasteiger partial charge in [-0.2, -0.15) is 0 Å². The fourth-order valence-corrected chi connectivity index (χ4v) is 4.54. The van der Waals surface area contributed by atoms with E-state index in [9.17, 15) is 14.4 Å². The van der Waals surface area contributed by atoms with Gasteiger partial charge >= 0.3 is 12.1 Å². The third-order valence-electron chi connectivity index (χ3n) is 6.06. The monoisotopic (exact) mass is 436 g/mol. The molecule has 0 aliphatic carbocycles. The van der Waals surface area contributed by atoms with Gasteiger partial charge in [-0.1, -0.05) is 60.7 Å². The fraction of sp³-hybridized carbons (Fsp3) is 0.400. The molecule has 2 fully saturated rings. The molecule has 32 heavy (non-hydrogen) atoms. The molecule has 2 aromatic carbocycles. The molecular weight excluding hydrogens is 408 g/mol. The molecule has 2 heterocycles. The van der Waals surface area contributed by atoms with Crippen molar-refractivity contribution in [2.75, 3.05) is 26.3 Å². The average Bonchev–Trinajstić information content (AvgIpc) is 3.38. The highest BCUT2D eigenvalue weighted by atomic mass is 16.6. The third-order valence-corrected chi connectivity index (χ3v) is 6.06. The van der Waals surface area contributed by atoms with Crippen LogP contribution in [-0.2, 0) is 32.0 Å². The maximum absolute atomic E-state index is 13.6. The predicted molar refractivity (Wildman–Crippen MR) is 117 cm³/mol. The Morgan fingerprint density at radius 1 is 0.969 bits per heavy atom. The van der Waals surface area contributed by atoms with Gasteiger partial charge in [-0.25, -0.2) is 9.69 Å². The number of hydrogen-bond donors (Lipinski definition) is 0. The first-order valence-corrected chi connectivity index (χ1v) is 11.0. The minimum absolute atomic E-state index is 0.157. The minimum atomic E-state index is -0.651. The predicted octanol–water partition coefficient (Wildman–Crippen LogP) is 2.89. The van der Waals surface area contributed by atoms with Crippen LogP contribution < -0.4 is 0 Å². The first-order chi connectivity index (χ1) is 15.6. The van der Waals surface area contributed by atoms with Crippen LogP contribution in [0.25, 0.3) is 0 Å². The molecule has 7 heteroatoms. The third kappa shape index (κ3) is 4.83. The SMILES string of the molecule is CCOC(=O)[C@@H]1CN(Cc2ccccc2)CC1C(=O)N1C(=O)OCC1Cc1ccccc1. The van der Waals surface area contributed by atoms with E-state index in [2.05, 4.69) is 4.90 Å². The number of benzene rings is 2. The number of nitrogens with zero attached hydrogens (tertiary/aromatic N) is 2. The van der Waals surface area contributed by atoms with Crippen molar-refractivity contribution in [1.29, 1.82) is 0 Å². The van der Waals surface area contributed by atoms with Gasteiger partial charge in [0.15, 0.2) is 0 Å². The second-order valence-electron chi connectivity index (χ2n) is 8.27. The van der Waals surface area contributed by atoms with E-state index in [-0.39, 0.29) is 25.2 Å². The van der Waals surface area contributed by atoms with Crippen LogP contribution in [0.15, 0.2) is 60.7 Å². The van der Waals surface area contributed by atoms with E-state index in [0.29, 0.717) is 26.1 Å². The van der Waals surface area contributed by atoms with Crippen LogP contribution in [-0.4, -0.2) is 60.1 Å². The van der Waals surface area contributed by atoms with Gasteiger partial charge in [-0.3, -0.25) is 14.5 Å². The lowest BCUT2D eigenvalue weighted by Crippen LogP contribution is -2.46. The Morgan fingerprint density at radius 3 is 2.25 bits per heavy atom. The molecule has 0 spiro atoms. The number of cyclic esters (lactones) is 1. The van der Waals surface area contributed by atoms with Crippen molar-refractivity contribution in [2.24, 2.45) is 11.8 Å². The van der Waals surface area contributed by atoms with Gasteiger partial charge in [0.2, 0.25) is 5.91 Å². The van der Waals surface area contributed by atoms with Crippen molar-refractivity contribution in [2.45, 2.75) is 25.9 Å². The van der Waals surface area contributed by atoms with E-state index in [1.54, 1.807) is 6.92 Å². The summed E-state index contributed by atoms with van der Waals surface area (Å²) in [5.41, 5.74) is 2.12. The van der Waals surface area contributed by atoms with Crippen LogP contribution in [0.3, 0.4) is 0 Å². The molecule has 0 saturated carbocycles. The summed E-state index contributed by atoms with van der Waals surface area (Å²) in [6.07, 6.45) is -0.122. The Morgan fingerprint density at radius 2 is 1.59 bits per heavy atom. The second-order valence-corrected chi connectivity index (χ2v) is 8.27. The lowest BCUT2D eigenvalue weighted by Gasteiger charge is -2.25. The van der Waals surface area contributed by atoms with E-state index < -0.39 is 23.9 Å². The Balaban J connectivity index is 1.52. The molecule has 2 aromatic rings. The van der Waals surface area contributed by atoms with Crippen molar-refractivity contribution in [3.63, 3.8) is 0 Å². The van der Waals surface area contributed by atoms with E-state index in [0.717, 1.165) is 11.1 Å². The number of carbonyl (C=O) groups is 3. The summed E-state index contributed by atoms with van der Waals surface area (Å²) in [5, 5.41) is 0. The largest absolute Gasteiger partial charge is 0.466 e. The Hall–Kier alpha value is -3.19. The van der Waals surface area contributed by atoms with Crippen molar-refractivity contribution in [1.82, 2.24) is 9.80 Å². The number of carbonyl (C=O) groups excluding carboxylic acids is 3. The molecule has 2 unspecified atom stereocenters. The number of likely N-dealkylation sites (tertiary alicyclic amines) is 1. The van der Waals surface area contributed by atoms with Gasteiger partial charge in [0, 0.05) is 19.6 Å². The summed E-state index contributed by atoms with van der Waals surface area (Å²) in [6, 6.07) is 19.2. The highest BCUT2D eigenvalue weighted by Gasteiger charge is 2.48. The van der Waals surface area contributed by atoms with Gasteiger partial charge in [-0.05, 0) is 24.5 Å². The van der Waals surface area contributed by atoms with Crippen molar-refractivity contribution in [3.05, 3.63) is 71.8 Å².